The fourth-order valence-electron chi connectivity index (χ4n) is 1.61. The van der Waals surface area contributed by atoms with Crippen molar-refractivity contribution in [3.63, 3.8) is 0 Å². The summed E-state index contributed by atoms with van der Waals surface area (Å²) in [6.45, 7) is 0. The molecule has 1 amide bonds. The van der Waals surface area contributed by atoms with E-state index in [0.29, 0.717) is 0 Å². The first kappa shape index (κ1) is 14.3. The molecule has 6 nitrogen and oxygen atoms in total. The van der Waals surface area contributed by atoms with E-state index in [9.17, 15) is 19.1 Å². The van der Waals surface area contributed by atoms with Crippen LogP contribution in [0.3, 0.4) is 0 Å². The fourth-order valence-corrected chi connectivity index (χ4v) is 1.61. The van der Waals surface area contributed by atoms with Gasteiger partial charge >= 0.3 is 12.1 Å². The van der Waals surface area contributed by atoms with Crippen LogP contribution in [-0.2, 0) is 0 Å². The van der Waals surface area contributed by atoms with Crippen LogP contribution in [0, 0.1) is 5.82 Å². The van der Waals surface area contributed by atoms with Crippen LogP contribution >= 0.6 is 0 Å². The SMILES string of the molecule is O=C(Nc1cccc(O)c1C(=O)O)Oc1ccc(F)cc1. The Labute approximate surface area is 118 Å². The molecule has 0 radical (unpaired) electrons. The highest BCUT2D eigenvalue weighted by atomic mass is 19.1. The molecule has 3 N–H and O–H groups in total. The molecule has 0 atom stereocenters. The number of carboxylic acids is 1. The third-order valence-electron chi connectivity index (χ3n) is 2.52. The highest BCUT2D eigenvalue weighted by Crippen LogP contribution is 2.25. The number of nitrogens with one attached hydrogen (secondary N) is 1. The number of benzene rings is 2. The molecule has 0 unspecified atom stereocenters. The number of hydrogen-bond acceptors (Lipinski definition) is 4. The van der Waals surface area contributed by atoms with E-state index in [2.05, 4.69) is 5.32 Å². The number of anilines is 1. The van der Waals surface area contributed by atoms with E-state index in [0.717, 1.165) is 12.1 Å². The first-order chi connectivity index (χ1) is 9.97. The standard InChI is InChI=1S/C14H10FNO5/c15-8-4-6-9(7-5-8)21-14(20)16-10-2-1-3-11(17)12(10)13(18)19/h1-7,17H,(H,16,20)(H,18,19). The number of aromatic hydroxyl groups is 1. The van der Waals surface area contributed by atoms with Gasteiger partial charge in [0.1, 0.15) is 22.9 Å². The van der Waals surface area contributed by atoms with Gasteiger partial charge in [0.2, 0.25) is 0 Å². The van der Waals surface area contributed by atoms with Gasteiger partial charge in [-0.2, -0.15) is 0 Å². The van der Waals surface area contributed by atoms with Crippen LogP contribution in [0.2, 0.25) is 0 Å². The predicted octanol–water partition coefficient (Wildman–Crippen LogP) is 2.84. The highest BCUT2D eigenvalue weighted by Gasteiger charge is 2.17. The molecule has 7 heteroatoms. The quantitative estimate of drug-likeness (QED) is 0.808. The first-order valence-electron chi connectivity index (χ1n) is 5.77. The maximum absolute atomic E-state index is 12.7. The Morgan fingerprint density at radius 2 is 1.76 bits per heavy atom. The number of carboxylic acid groups (broad SMARTS) is 1. The van der Waals surface area contributed by atoms with Crippen LogP contribution in [0.4, 0.5) is 14.9 Å². The molecule has 0 bridgehead atoms. The van der Waals surface area contributed by atoms with Crippen LogP contribution in [0.15, 0.2) is 42.5 Å². The van der Waals surface area contributed by atoms with E-state index in [1.165, 1.54) is 30.3 Å². The maximum atomic E-state index is 12.7. The zero-order chi connectivity index (χ0) is 15.4. The number of hydrogen-bond donors (Lipinski definition) is 3. The predicted molar refractivity (Wildman–Crippen MR) is 71.1 cm³/mol. The Morgan fingerprint density at radius 3 is 2.38 bits per heavy atom. The topological polar surface area (TPSA) is 95.9 Å². The Morgan fingerprint density at radius 1 is 1.10 bits per heavy atom. The fraction of sp³-hybridized carbons (Fsp3) is 0. The lowest BCUT2D eigenvalue weighted by atomic mass is 10.1. The lowest BCUT2D eigenvalue weighted by Crippen LogP contribution is -2.18. The number of carbonyl (C=O) groups is 2. The van der Waals surface area contributed by atoms with Gasteiger partial charge in [0, 0.05) is 0 Å². The number of carbonyl (C=O) groups excluding carboxylic acids is 1. The van der Waals surface area contributed by atoms with Gasteiger partial charge in [-0.3, -0.25) is 5.32 Å². The maximum Gasteiger partial charge on any atom is 0.417 e. The van der Waals surface area contributed by atoms with E-state index in [-0.39, 0.29) is 11.4 Å². The van der Waals surface area contributed by atoms with Crippen molar-refractivity contribution in [2.24, 2.45) is 0 Å². The molecular formula is C14H10FNO5. The average molecular weight is 291 g/mol. The van der Waals surface area contributed by atoms with Gasteiger partial charge in [0.15, 0.2) is 0 Å². The van der Waals surface area contributed by atoms with Crippen LogP contribution < -0.4 is 10.1 Å². The summed E-state index contributed by atoms with van der Waals surface area (Å²) in [5.41, 5.74) is -0.567. The van der Waals surface area contributed by atoms with Crippen molar-refractivity contribution in [3.05, 3.63) is 53.8 Å². The lowest BCUT2D eigenvalue weighted by Gasteiger charge is -2.10. The second-order valence-corrected chi connectivity index (χ2v) is 3.97. The minimum absolute atomic E-state index is 0.0888. The number of amides is 1. The van der Waals surface area contributed by atoms with Gasteiger partial charge in [-0.1, -0.05) is 6.07 Å². The molecular weight excluding hydrogens is 281 g/mol. The monoisotopic (exact) mass is 291 g/mol. The van der Waals surface area contributed by atoms with Crippen LogP contribution in [0.25, 0.3) is 0 Å². The summed E-state index contributed by atoms with van der Waals surface area (Å²) in [6, 6.07) is 8.56. The zero-order valence-corrected chi connectivity index (χ0v) is 10.5. The summed E-state index contributed by atoms with van der Waals surface area (Å²) in [5, 5.41) is 20.7. The number of phenols is 1. The van der Waals surface area contributed by atoms with Crippen molar-refractivity contribution >= 4 is 17.7 Å². The molecule has 0 saturated heterocycles. The minimum atomic E-state index is -1.40. The van der Waals surface area contributed by atoms with Crippen molar-refractivity contribution in [3.8, 4) is 11.5 Å². The molecule has 0 saturated carbocycles. The highest BCUT2D eigenvalue weighted by molar-refractivity contribution is 6.01. The summed E-state index contributed by atoms with van der Waals surface area (Å²) in [4.78, 5) is 22.7. The van der Waals surface area contributed by atoms with E-state index in [1.807, 2.05) is 0 Å². The number of ether oxygens (including phenoxy) is 1. The Kier molecular flexibility index (Phi) is 4.03. The number of aromatic carboxylic acids is 1. The lowest BCUT2D eigenvalue weighted by molar-refractivity contribution is 0.0695. The third-order valence-corrected chi connectivity index (χ3v) is 2.52. The summed E-state index contributed by atoms with van der Waals surface area (Å²) < 4.78 is 17.6. The molecule has 0 aliphatic heterocycles. The molecule has 0 spiro atoms. The molecule has 0 aliphatic rings. The number of rotatable bonds is 3. The molecule has 21 heavy (non-hydrogen) atoms. The second kappa shape index (κ2) is 5.91. The van der Waals surface area contributed by atoms with Gasteiger partial charge in [0.05, 0.1) is 5.69 Å². The van der Waals surface area contributed by atoms with Crippen molar-refractivity contribution in [1.82, 2.24) is 0 Å². The van der Waals surface area contributed by atoms with Crippen LogP contribution in [0.1, 0.15) is 10.4 Å². The van der Waals surface area contributed by atoms with Gasteiger partial charge in [-0.05, 0) is 36.4 Å². The Hall–Kier alpha value is -3.09. The Balaban J connectivity index is 2.15. The van der Waals surface area contributed by atoms with E-state index in [1.54, 1.807) is 0 Å². The molecule has 2 rings (SSSR count). The van der Waals surface area contributed by atoms with Gasteiger partial charge in [0.25, 0.3) is 0 Å². The normalized spacial score (nSPS) is 9.95. The summed E-state index contributed by atoms with van der Waals surface area (Å²) >= 11 is 0. The van der Waals surface area contributed by atoms with Gasteiger partial charge < -0.3 is 14.9 Å². The third kappa shape index (κ3) is 3.47. The van der Waals surface area contributed by atoms with E-state index < -0.39 is 29.2 Å². The van der Waals surface area contributed by atoms with Crippen molar-refractivity contribution in [2.45, 2.75) is 0 Å². The minimum Gasteiger partial charge on any atom is -0.507 e. The van der Waals surface area contributed by atoms with Crippen LogP contribution in [0.5, 0.6) is 11.5 Å². The Bertz CT molecular complexity index is 684. The van der Waals surface area contributed by atoms with E-state index >= 15 is 0 Å². The number of halogens is 1. The largest absolute Gasteiger partial charge is 0.507 e. The molecule has 0 heterocycles. The average Bonchev–Trinajstić information content (AvgIpc) is 2.41. The molecule has 108 valence electrons. The molecule has 2 aromatic carbocycles. The zero-order valence-electron chi connectivity index (χ0n) is 10.5. The molecule has 0 fully saturated rings. The van der Waals surface area contributed by atoms with Crippen molar-refractivity contribution in [2.75, 3.05) is 5.32 Å². The van der Waals surface area contributed by atoms with Crippen molar-refractivity contribution < 1.29 is 28.9 Å². The summed E-state index contributed by atoms with van der Waals surface area (Å²) in [7, 11) is 0. The van der Waals surface area contributed by atoms with Crippen LogP contribution in [-0.4, -0.2) is 22.3 Å². The van der Waals surface area contributed by atoms with Gasteiger partial charge in [-0.15, -0.1) is 0 Å². The molecule has 2 aromatic rings. The summed E-state index contributed by atoms with van der Waals surface area (Å²) in [5.74, 6) is -2.28. The first-order valence-corrected chi connectivity index (χ1v) is 5.77. The second-order valence-electron chi connectivity index (χ2n) is 3.97. The summed E-state index contributed by atoms with van der Waals surface area (Å²) in [6.07, 6.45) is -0.963. The smallest absolute Gasteiger partial charge is 0.417 e. The van der Waals surface area contributed by atoms with Crippen molar-refractivity contribution in [1.29, 1.82) is 0 Å². The molecule has 0 aliphatic carbocycles. The molecule has 0 aromatic heterocycles. The van der Waals surface area contributed by atoms with E-state index in [4.69, 9.17) is 9.84 Å². The van der Waals surface area contributed by atoms with Gasteiger partial charge in [-0.25, -0.2) is 14.0 Å².